The summed E-state index contributed by atoms with van der Waals surface area (Å²) in [5, 5.41) is 3.90. The van der Waals surface area contributed by atoms with Crippen LogP contribution in [0.25, 0.3) is 11.5 Å². The molecule has 6 heteroatoms. The summed E-state index contributed by atoms with van der Waals surface area (Å²) in [7, 11) is 0. The Balaban J connectivity index is 1.03. The van der Waals surface area contributed by atoms with Gasteiger partial charge in [0.15, 0.2) is 5.82 Å². The molecule has 0 aromatic carbocycles. The summed E-state index contributed by atoms with van der Waals surface area (Å²) in [5.41, 5.74) is 3.42. The number of aryl methyl sites for hydroxylation is 1. The molecule has 32 heavy (non-hydrogen) atoms. The molecule has 2 aromatic heterocycles. The molecule has 172 valence electrons. The van der Waals surface area contributed by atoms with E-state index in [1.807, 2.05) is 0 Å². The second-order valence-corrected chi connectivity index (χ2v) is 10.7. The molecule has 4 fully saturated rings. The third-order valence-electron chi connectivity index (χ3n) is 8.23. The van der Waals surface area contributed by atoms with Gasteiger partial charge in [0.25, 0.3) is 0 Å². The molecule has 2 atom stereocenters. The normalized spacial score (nSPS) is 27.1. The summed E-state index contributed by atoms with van der Waals surface area (Å²) < 4.78 is 0. The number of nitrogens with one attached hydrogen (secondary N) is 2. The first-order valence-corrected chi connectivity index (χ1v) is 13.0. The number of aromatic amines is 1. The van der Waals surface area contributed by atoms with Crippen molar-refractivity contribution in [1.29, 1.82) is 0 Å². The SMILES string of the molecule is Cc1[nH]c(-c2cccc(N3CCC(NC[C@H]4CCN(C5CCCC5)C4)C3)n2)nc1C1CC1. The number of aromatic nitrogens is 3. The maximum Gasteiger partial charge on any atom is 0.156 e. The molecule has 0 amide bonds. The molecule has 2 saturated carbocycles. The zero-order chi connectivity index (χ0) is 21.5. The van der Waals surface area contributed by atoms with Crippen molar-refractivity contribution in [3.05, 3.63) is 29.6 Å². The smallest absolute Gasteiger partial charge is 0.156 e. The first-order chi connectivity index (χ1) is 15.7. The highest BCUT2D eigenvalue weighted by Crippen LogP contribution is 2.41. The van der Waals surface area contributed by atoms with Crippen molar-refractivity contribution < 1.29 is 0 Å². The van der Waals surface area contributed by atoms with Crippen LogP contribution < -0.4 is 10.2 Å². The van der Waals surface area contributed by atoms with Crippen LogP contribution in [0.5, 0.6) is 0 Å². The number of hydrogen-bond donors (Lipinski definition) is 2. The minimum absolute atomic E-state index is 0.577. The number of anilines is 1. The second kappa shape index (κ2) is 8.79. The van der Waals surface area contributed by atoms with Crippen molar-refractivity contribution >= 4 is 5.82 Å². The maximum absolute atomic E-state index is 4.98. The first-order valence-electron chi connectivity index (χ1n) is 13.0. The molecule has 2 aliphatic heterocycles. The predicted octanol–water partition coefficient (Wildman–Crippen LogP) is 4.09. The van der Waals surface area contributed by atoms with Gasteiger partial charge in [0.05, 0.1) is 5.69 Å². The number of H-pyrrole nitrogens is 1. The Hall–Kier alpha value is -1.92. The molecule has 0 spiro atoms. The van der Waals surface area contributed by atoms with Gasteiger partial charge in [-0.05, 0) is 76.6 Å². The molecule has 0 radical (unpaired) electrons. The van der Waals surface area contributed by atoms with Gasteiger partial charge in [-0.15, -0.1) is 0 Å². The summed E-state index contributed by atoms with van der Waals surface area (Å²) in [6, 6.07) is 7.83. The molecule has 4 heterocycles. The van der Waals surface area contributed by atoms with Crippen LogP contribution in [-0.4, -0.2) is 64.7 Å². The van der Waals surface area contributed by atoms with E-state index in [0.29, 0.717) is 12.0 Å². The van der Waals surface area contributed by atoms with Crippen LogP contribution in [0.1, 0.15) is 68.7 Å². The lowest BCUT2D eigenvalue weighted by Crippen LogP contribution is -2.37. The third kappa shape index (κ3) is 4.32. The van der Waals surface area contributed by atoms with Gasteiger partial charge in [-0.1, -0.05) is 18.9 Å². The molecular formula is C26H38N6. The van der Waals surface area contributed by atoms with Crippen molar-refractivity contribution in [1.82, 2.24) is 25.2 Å². The highest BCUT2D eigenvalue weighted by molar-refractivity contribution is 5.56. The van der Waals surface area contributed by atoms with Crippen LogP contribution in [0.4, 0.5) is 5.82 Å². The van der Waals surface area contributed by atoms with Gasteiger partial charge in [0, 0.05) is 43.3 Å². The van der Waals surface area contributed by atoms with E-state index in [9.17, 15) is 0 Å². The quantitative estimate of drug-likeness (QED) is 0.687. The number of nitrogens with zero attached hydrogens (tertiary/aromatic N) is 4. The predicted molar refractivity (Wildman–Crippen MR) is 129 cm³/mol. The zero-order valence-corrected chi connectivity index (χ0v) is 19.5. The maximum atomic E-state index is 4.98. The van der Waals surface area contributed by atoms with E-state index in [1.54, 1.807) is 0 Å². The lowest BCUT2D eigenvalue weighted by Gasteiger charge is -2.24. The molecular weight excluding hydrogens is 396 g/mol. The molecule has 2 N–H and O–H groups in total. The lowest BCUT2D eigenvalue weighted by atomic mass is 10.1. The van der Waals surface area contributed by atoms with E-state index in [1.165, 1.54) is 82.4 Å². The average Bonchev–Trinajstić information content (AvgIpc) is 3.27. The van der Waals surface area contributed by atoms with Gasteiger partial charge in [-0.25, -0.2) is 9.97 Å². The topological polar surface area (TPSA) is 60.1 Å². The molecule has 2 aliphatic carbocycles. The third-order valence-corrected chi connectivity index (χ3v) is 8.23. The van der Waals surface area contributed by atoms with Gasteiger partial charge in [-0.2, -0.15) is 0 Å². The van der Waals surface area contributed by atoms with E-state index in [2.05, 4.69) is 45.2 Å². The molecule has 2 saturated heterocycles. The minimum Gasteiger partial charge on any atom is -0.355 e. The van der Waals surface area contributed by atoms with Crippen molar-refractivity contribution in [2.75, 3.05) is 37.6 Å². The molecule has 2 aromatic rings. The van der Waals surface area contributed by atoms with Crippen LogP contribution >= 0.6 is 0 Å². The summed E-state index contributed by atoms with van der Waals surface area (Å²) in [6.07, 6.45) is 10.9. The monoisotopic (exact) mass is 434 g/mol. The fourth-order valence-corrected chi connectivity index (χ4v) is 6.18. The number of pyridine rings is 1. The number of rotatable bonds is 7. The van der Waals surface area contributed by atoms with Gasteiger partial charge < -0.3 is 20.1 Å². The summed E-state index contributed by atoms with van der Waals surface area (Å²) >= 11 is 0. The van der Waals surface area contributed by atoms with Crippen LogP contribution in [-0.2, 0) is 0 Å². The molecule has 6 rings (SSSR count). The molecule has 4 aliphatic rings. The Morgan fingerprint density at radius 2 is 1.88 bits per heavy atom. The average molecular weight is 435 g/mol. The fraction of sp³-hybridized carbons (Fsp3) is 0.692. The van der Waals surface area contributed by atoms with Crippen molar-refractivity contribution in [2.45, 2.75) is 76.3 Å². The van der Waals surface area contributed by atoms with Crippen molar-refractivity contribution in [2.24, 2.45) is 5.92 Å². The van der Waals surface area contributed by atoms with Crippen molar-refractivity contribution in [3.8, 4) is 11.5 Å². The van der Waals surface area contributed by atoms with Crippen molar-refractivity contribution in [3.63, 3.8) is 0 Å². The highest BCUT2D eigenvalue weighted by atomic mass is 15.2. The summed E-state index contributed by atoms with van der Waals surface area (Å²) in [6.45, 7) is 8.08. The van der Waals surface area contributed by atoms with E-state index in [-0.39, 0.29) is 0 Å². The fourth-order valence-electron chi connectivity index (χ4n) is 6.18. The Bertz CT molecular complexity index is 928. The van der Waals surface area contributed by atoms with E-state index < -0.39 is 0 Å². The van der Waals surface area contributed by atoms with Crippen LogP contribution in [0, 0.1) is 12.8 Å². The Kier molecular flexibility index (Phi) is 5.68. The van der Waals surface area contributed by atoms with E-state index in [4.69, 9.17) is 9.97 Å². The number of likely N-dealkylation sites (tertiary alicyclic amines) is 1. The Morgan fingerprint density at radius 1 is 1.00 bits per heavy atom. The van der Waals surface area contributed by atoms with Gasteiger partial charge >= 0.3 is 0 Å². The molecule has 0 bridgehead atoms. The Labute approximate surface area is 192 Å². The number of hydrogen-bond acceptors (Lipinski definition) is 5. The largest absolute Gasteiger partial charge is 0.355 e. The summed E-state index contributed by atoms with van der Waals surface area (Å²) in [5.74, 6) is 3.50. The van der Waals surface area contributed by atoms with Crippen LogP contribution in [0.15, 0.2) is 18.2 Å². The van der Waals surface area contributed by atoms with E-state index in [0.717, 1.165) is 42.4 Å². The van der Waals surface area contributed by atoms with Gasteiger partial charge in [0.1, 0.15) is 11.5 Å². The molecule has 6 nitrogen and oxygen atoms in total. The van der Waals surface area contributed by atoms with Gasteiger partial charge in [0.2, 0.25) is 0 Å². The zero-order valence-electron chi connectivity index (χ0n) is 19.5. The lowest BCUT2D eigenvalue weighted by molar-refractivity contribution is 0.236. The molecule has 1 unspecified atom stereocenters. The highest BCUT2D eigenvalue weighted by Gasteiger charge is 2.31. The summed E-state index contributed by atoms with van der Waals surface area (Å²) in [4.78, 5) is 18.6. The number of imidazole rings is 1. The minimum atomic E-state index is 0.577. The van der Waals surface area contributed by atoms with Gasteiger partial charge in [-0.3, -0.25) is 0 Å². The Morgan fingerprint density at radius 3 is 2.72 bits per heavy atom. The van der Waals surface area contributed by atoms with Crippen LogP contribution in [0.3, 0.4) is 0 Å². The van der Waals surface area contributed by atoms with E-state index >= 15 is 0 Å². The first kappa shape index (κ1) is 20.7. The standard InChI is InChI=1S/C26H38N6/c1-18-25(20-9-10-20)30-26(28-18)23-7-4-8-24(29-23)32-14-12-21(17-32)27-15-19-11-13-31(16-19)22-5-2-3-6-22/h4,7-8,19-22,27H,2-3,5-6,9-17H2,1H3,(H,28,30)/t19-,21?/m1/s1. The second-order valence-electron chi connectivity index (χ2n) is 10.7. The van der Waals surface area contributed by atoms with Crippen LogP contribution in [0.2, 0.25) is 0 Å².